The zero-order valence-corrected chi connectivity index (χ0v) is 17.1. The molecule has 158 valence electrons. The van der Waals surface area contributed by atoms with Gasteiger partial charge in [0.1, 0.15) is 5.82 Å². The van der Waals surface area contributed by atoms with Gasteiger partial charge in [-0.1, -0.05) is 50.2 Å². The molecule has 2 aromatic heterocycles. The van der Waals surface area contributed by atoms with Gasteiger partial charge in [-0.3, -0.25) is 4.98 Å². The first-order valence-electron chi connectivity index (χ1n) is 9.95. The summed E-state index contributed by atoms with van der Waals surface area (Å²) >= 11 is 0. The van der Waals surface area contributed by atoms with Crippen LogP contribution in [0.2, 0.25) is 0 Å². The van der Waals surface area contributed by atoms with Gasteiger partial charge < -0.3 is 5.32 Å². The fourth-order valence-corrected chi connectivity index (χ4v) is 3.41. The van der Waals surface area contributed by atoms with Crippen molar-refractivity contribution in [2.75, 3.05) is 5.32 Å². The molecule has 0 aliphatic rings. The summed E-state index contributed by atoms with van der Waals surface area (Å²) in [5.41, 5.74) is 2.61. The van der Waals surface area contributed by atoms with Crippen LogP contribution < -0.4 is 5.32 Å². The van der Waals surface area contributed by atoms with Gasteiger partial charge in [0.2, 0.25) is 0 Å². The largest absolute Gasteiger partial charge is 0.417 e. The Balaban J connectivity index is 1.69. The lowest BCUT2D eigenvalue weighted by molar-refractivity contribution is -0.137. The minimum atomic E-state index is -4.40. The van der Waals surface area contributed by atoms with Crippen molar-refractivity contribution in [1.29, 1.82) is 0 Å². The average molecular weight is 422 g/mol. The first kappa shape index (κ1) is 20.8. The van der Waals surface area contributed by atoms with Crippen molar-refractivity contribution in [1.82, 2.24) is 15.0 Å². The molecule has 2 aromatic carbocycles. The van der Waals surface area contributed by atoms with Crippen LogP contribution in [0, 0.1) is 0 Å². The van der Waals surface area contributed by atoms with Crippen molar-refractivity contribution in [3.05, 3.63) is 83.7 Å². The number of halogens is 3. The van der Waals surface area contributed by atoms with Crippen molar-refractivity contribution in [2.24, 2.45) is 0 Å². The van der Waals surface area contributed by atoms with E-state index in [9.17, 15) is 13.2 Å². The summed E-state index contributed by atoms with van der Waals surface area (Å²) in [5, 5.41) is 4.06. The molecule has 0 atom stereocenters. The Morgan fingerprint density at radius 2 is 1.65 bits per heavy atom. The van der Waals surface area contributed by atoms with Crippen LogP contribution in [-0.2, 0) is 12.7 Å². The van der Waals surface area contributed by atoms with Gasteiger partial charge in [-0.2, -0.15) is 13.2 Å². The van der Waals surface area contributed by atoms with Gasteiger partial charge in [-0.15, -0.1) is 0 Å². The molecule has 2 heterocycles. The number of hydrogen-bond donors (Lipinski definition) is 1. The monoisotopic (exact) mass is 422 g/mol. The SMILES string of the molecule is CC(C)c1ccccc1-c1nc(NCc2ccc(C(F)(F)F)cn2)c2ccccc2n1. The molecule has 7 heteroatoms. The Labute approximate surface area is 178 Å². The second kappa shape index (κ2) is 8.34. The number of pyridine rings is 1. The van der Waals surface area contributed by atoms with Crippen LogP contribution >= 0.6 is 0 Å². The summed E-state index contributed by atoms with van der Waals surface area (Å²) in [6.45, 7) is 4.48. The standard InChI is InChI=1S/C24H21F3N4/c1-15(2)18-7-3-4-8-19(18)23-30-21-10-6-5-9-20(21)22(31-23)29-14-17-12-11-16(13-28-17)24(25,26)27/h3-13,15H,14H2,1-2H3,(H,29,30,31). The fraction of sp³-hybridized carbons (Fsp3) is 0.208. The molecule has 0 amide bonds. The maximum Gasteiger partial charge on any atom is 0.417 e. The molecule has 31 heavy (non-hydrogen) atoms. The van der Waals surface area contributed by atoms with E-state index in [1.807, 2.05) is 42.5 Å². The van der Waals surface area contributed by atoms with Crippen LogP contribution in [0.5, 0.6) is 0 Å². The summed E-state index contributed by atoms with van der Waals surface area (Å²) in [5.74, 6) is 1.52. The van der Waals surface area contributed by atoms with Gasteiger partial charge in [-0.25, -0.2) is 9.97 Å². The van der Waals surface area contributed by atoms with Gasteiger partial charge in [0.15, 0.2) is 5.82 Å². The third-order valence-corrected chi connectivity index (χ3v) is 5.02. The first-order chi connectivity index (χ1) is 14.8. The second-order valence-electron chi connectivity index (χ2n) is 7.54. The highest BCUT2D eigenvalue weighted by Crippen LogP contribution is 2.31. The van der Waals surface area contributed by atoms with Crippen molar-refractivity contribution >= 4 is 16.7 Å². The Morgan fingerprint density at radius 1 is 0.903 bits per heavy atom. The van der Waals surface area contributed by atoms with Crippen molar-refractivity contribution < 1.29 is 13.2 Å². The molecule has 0 aliphatic carbocycles. The molecule has 1 N–H and O–H groups in total. The Morgan fingerprint density at radius 3 is 2.35 bits per heavy atom. The number of hydrogen-bond acceptors (Lipinski definition) is 4. The predicted molar refractivity (Wildman–Crippen MR) is 116 cm³/mol. The highest BCUT2D eigenvalue weighted by atomic mass is 19.4. The van der Waals surface area contributed by atoms with Crippen LogP contribution in [-0.4, -0.2) is 15.0 Å². The minimum Gasteiger partial charge on any atom is -0.364 e. The molecule has 0 saturated carbocycles. The summed E-state index contributed by atoms with van der Waals surface area (Å²) < 4.78 is 38.3. The van der Waals surface area contributed by atoms with Gasteiger partial charge in [0.25, 0.3) is 0 Å². The lowest BCUT2D eigenvalue weighted by atomic mass is 9.97. The quantitative estimate of drug-likeness (QED) is 0.402. The molecular formula is C24H21F3N4. The average Bonchev–Trinajstić information content (AvgIpc) is 2.77. The molecule has 0 unspecified atom stereocenters. The summed E-state index contributed by atoms with van der Waals surface area (Å²) in [4.78, 5) is 13.4. The molecule has 4 rings (SSSR count). The molecule has 4 nitrogen and oxygen atoms in total. The van der Waals surface area contributed by atoms with E-state index in [0.29, 0.717) is 23.3 Å². The number of nitrogens with one attached hydrogen (secondary N) is 1. The third-order valence-electron chi connectivity index (χ3n) is 5.02. The van der Waals surface area contributed by atoms with E-state index in [1.165, 1.54) is 6.07 Å². The van der Waals surface area contributed by atoms with Crippen molar-refractivity contribution in [3.8, 4) is 11.4 Å². The summed E-state index contributed by atoms with van der Waals surface area (Å²) in [7, 11) is 0. The Bertz CT molecular complexity index is 1200. The van der Waals surface area contributed by atoms with Crippen LogP contribution in [0.4, 0.5) is 19.0 Å². The smallest absolute Gasteiger partial charge is 0.364 e. The molecule has 0 spiro atoms. The topological polar surface area (TPSA) is 50.7 Å². The molecule has 4 aromatic rings. The van der Waals surface area contributed by atoms with E-state index >= 15 is 0 Å². The third kappa shape index (κ3) is 4.50. The maximum atomic E-state index is 12.8. The lowest BCUT2D eigenvalue weighted by Gasteiger charge is -2.15. The highest BCUT2D eigenvalue weighted by Gasteiger charge is 2.30. The van der Waals surface area contributed by atoms with E-state index in [1.54, 1.807) is 0 Å². The maximum absolute atomic E-state index is 12.8. The zero-order chi connectivity index (χ0) is 22.0. The van der Waals surface area contributed by atoms with Crippen LogP contribution in [0.25, 0.3) is 22.3 Å². The van der Waals surface area contributed by atoms with Crippen molar-refractivity contribution in [2.45, 2.75) is 32.5 Å². The highest BCUT2D eigenvalue weighted by molar-refractivity contribution is 5.90. The first-order valence-corrected chi connectivity index (χ1v) is 9.95. The number of nitrogens with zero attached hydrogens (tertiary/aromatic N) is 3. The van der Waals surface area contributed by atoms with Crippen molar-refractivity contribution in [3.63, 3.8) is 0 Å². The van der Waals surface area contributed by atoms with Gasteiger partial charge in [0.05, 0.1) is 23.3 Å². The molecule has 0 aliphatic heterocycles. The Hall–Kier alpha value is -3.48. The van der Waals surface area contributed by atoms with E-state index in [0.717, 1.165) is 34.3 Å². The van der Waals surface area contributed by atoms with Gasteiger partial charge >= 0.3 is 6.18 Å². The summed E-state index contributed by atoms with van der Waals surface area (Å²) in [6.07, 6.45) is -3.56. The molecular weight excluding hydrogens is 401 g/mol. The lowest BCUT2D eigenvalue weighted by Crippen LogP contribution is -2.09. The van der Waals surface area contributed by atoms with E-state index in [-0.39, 0.29) is 6.54 Å². The fourth-order valence-electron chi connectivity index (χ4n) is 3.41. The number of para-hydroxylation sites is 1. The molecule has 0 fully saturated rings. The number of anilines is 1. The van der Waals surface area contributed by atoms with Gasteiger partial charge in [-0.05, 0) is 35.7 Å². The summed E-state index contributed by atoms with van der Waals surface area (Å²) in [6, 6.07) is 18.1. The second-order valence-corrected chi connectivity index (χ2v) is 7.54. The zero-order valence-electron chi connectivity index (χ0n) is 17.1. The molecule has 0 bridgehead atoms. The number of alkyl halides is 3. The minimum absolute atomic E-state index is 0.240. The van der Waals surface area contributed by atoms with E-state index < -0.39 is 11.7 Å². The van der Waals surface area contributed by atoms with Crippen LogP contribution in [0.15, 0.2) is 66.9 Å². The number of aromatic nitrogens is 3. The van der Waals surface area contributed by atoms with Crippen LogP contribution in [0.3, 0.4) is 0 Å². The molecule has 0 radical (unpaired) electrons. The van der Waals surface area contributed by atoms with E-state index in [2.05, 4.69) is 30.2 Å². The number of benzene rings is 2. The van der Waals surface area contributed by atoms with Crippen LogP contribution in [0.1, 0.15) is 36.6 Å². The predicted octanol–water partition coefficient (Wildman–Crippen LogP) is 6.45. The number of fused-ring (bicyclic) bond motifs is 1. The normalized spacial score (nSPS) is 11.8. The van der Waals surface area contributed by atoms with Gasteiger partial charge in [0, 0.05) is 17.1 Å². The van der Waals surface area contributed by atoms with E-state index in [4.69, 9.17) is 9.97 Å². The number of rotatable bonds is 5. The molecule has 0 saturated heterocycles. The Kier molecular flexibility index (Phi) is 5.59.